The molecule has 8 heteroatoms. The zero-order chi connectivity index (χ0) is 19.0. The molecule has 0 N–H and O–H groups in total. The molecule has 4 rings (SSSR count). The fourth-order valence-electron chi connectivity index (χ4n) is 3.49. The van der Waals surface area contributed by atoms with Crippen LogP contribution in [0.25, 0.3) is 0 Å². The summed E-state index contributed by atoms with van der Waals surface area (Å²) in [5, 5.41) is 0. The molecule has 3 heterocycles. The summed E-state index contributed by atoms with van der Waals surface area (Å²) in [6.07, 6.45) is 0. The predicted octanol–water partition coefficient (Wildman–Crippen LogP) is 2.82. The fourth-order valence-corrected chi connectivity index (χ4v) is 5.01. The van der Waals surface area contributed by atoms with Gasteiger partial charge in [0, 0.05) is 43.7 Å². The Morgan fingerprint density at radius 3 is 2.48 bits per heavy atom. The van der Waals surface area contributed by atoms with Gasteiger partial charge >= 0.3 is 5.91 Å². The molecule has 0 radical (unpaired) electrons. The molecule has 1 fully saturated rings. The van der Waals surface area contributed by atoms with Crippen molar-refractivity contribution < 1.29 is 14.3 Å². The summed E-state index contributed by atoms with van der Waals surface area (Å²) in [5.41, 5.74) is 1.11. The van der Waals surface area contributed by atoms with E-state index >= 15 is 0 Å². The van der Waals surface area contributed by atoms with E-state index < -0.39 is 11.7 Å². The molecule has 6 nitrogen and oxygen atoms in total. The second kappa shape index (κ2) is 7.71. The van der Waals surface area contributed by atoms with Gasteiger partial charge in [0.05, 0.1) is 28.8 Å². The zero-order valence-corrected chi connectivity index (χ0v) is 17.4. The number of carbonyl (C=O) groups is 2. The maximum atomic E-state index is 12.4. The number of thiophene rings is 1. The standard InChI is InChI=1S/C19H20BrN3O3S/c1-26-13-2-4-15-16(10-13)23(19(25)18(15)24)12-22-8-6-21(7-9-22)11-14-3-5-17(20)27-14/h2-5,10H,6-9,11-12H2,1H3. The van der Waals surface area contributed by atoms with Gasteiger partial charge in [-0.1, -0.05) is 0 Å². The van der Waals surface area contributed by atoms with Crippen molar-refractivity contribution in [3.05, 3.63) is 44.6 Å². The minimum atomic E-state index is -0.455. The Hall–Kier alpha value is -1.74. The van der Waals surface area contributed by atoms with Gasteiger partial charge in [0.1, 0.15) is 5.75 Å². The minimum absolute atomic E-state index is 0.434. The lowest BCUT2D eigenvalue weighted by molar-refractivity contribution is -0.114. The Bertz CT molecular complexity index is 877. The van der Waals surface area contributed by atoms with E-state index in [9.17, 15) is 9.59 Å². The number of Topliss-reactive ketones (excluding diaryl/α,β-unsaturated/α-hetero) is 1. The highest BCUT2D eigenvalue weighted by atomic mass is 79.9. The molecule has 0 saturated carbocycles. The topological polar surface area (TPSA) is 53.1 Å². The van der Waals surface area contributed by atoms with E-state index in [1.807, 2.05) is 0 Å². The van der Waals surface area contributed by atoms with E-state index in [0.717, 1.165) is 36.5 Å². The lowest BCUT2D eigenvalue weighted by atomic mass is 10.1. The molecule has 142 valence electrons. The first-order valence-electron chi connectivity index (χ1n) is 8.78. The van der Waals surface area contributed by atoms with Gasteiger partial charge in [0.15, 0.2) is 0 Å². The van der Waals surface area contributed by atoms with Gasteiger partial charge in [-0.05, 0) is 40.2 Å². The quantitative estimate of drug-likeness (QED) is 0.656. The van der Waals surface area contributed by atoms with Crippen molar-refractivity contribution in [1.29, 1.82) is 0 Å². The molecule has 2 aliphatic rings. The Morgan fingerprint density at radius 1 is 1.07 bits per heavy atom. The van der Waals surface area contributed by atoms with Crippen LogP contribution in [0.15, 0.2) is 34.1 Å². The molecule has 0 aliphatic carbocycles. The summed E-state index contributed by atoms with van der Waals surface area (Å²) >= 11 is 5.27. The molecule has 0 atom stereocenters. The summed E-state index contributed by atoms with van der Waals surface area (Å²) in [4.78, 5) is 32.2. The molecule has 2 aromatic rings. The van der Waals surface area contributed by atoms with Crippen molar-refractivity contribution >= 4 is 44.6 Å². The van der Waals surface area contributed by atoms with Crippen molar-refractivity contribution in [2.75, 3.05) is 44.9 Å². The smallest absolute Gasteiger partial charge is 0.300 e. The first kappa shape index (κ1) is 18.6. The maximum absolute atomic E-state index is 12.4. The SMILES string of the molecule is COc1ccc2c(c1)N(CN1CCN(Cc3ccc(Br)s3)CC1)C(=O)C2=O. The third kappa shape index (κ3) is 3.80. The molecular formula is C19H20BrN3O3S. The van der Waals surface area contributed by atoms with Crippen LogP contribution in [0.4, 0.5) is 5.69 Å². The third-order valence-corrected chi connectivity index (χ3v) is 6.60. The second-order valence-electron chi connectivity index (χ2n) is 6.69. The molecule has 1 aromatic carbocycles. The normalized spacial score (nSPS) is 18.2. The predicted molar refractivity (Wildman–Crippen MR) is 109 cm³/mol. The fraction of sp³-hybridized carbons (Fsp3) is 0.368. The Balaban J connectivity index is 1.39. The van der Waals surface area contributed by atoms with Gasteiger partial charge in [-0.2, -0.15) is 0 Å². The van der Waals surface area contributed by atoms with Crippen LogP contribution in [-0.2, 0) is 11.3 Å². The Morgan fingerprint density at radius 2 is 1.81 bits per heavy atom. The highest BCUT2D eigenvalue weighted by Gasteiger charge is 2.37. The number of hydrogen-bond donors (Lipinski definition) is 0. The summed E-state index contributed by atoms with van der Waals surface area (Å²) in [5.74, 6) is -0.244. The summed E-state index contributed by atoms with van der Waals surface area (Å²) < 4.78 is 6.40. The van der Waals surface area contributed by atoms with Crippen LogP contribution in [0, 0.1) is 0 Å². The van der Waals surface area contributed by atoms with Crippen LogP contribution in [-0.4, -0.2) is 61.4 Å². The maximum Gasteiger partial charge on any atom is 0.300 e. The van der Waals surface area contributed by atoms with Gasteiger partial charge in [-0.3, -0.25) is 24.3 Å². The monoisotopic (exact) mass is 449 g/mol. The van der Waals surface area contributed by atoms with E-state index in [1.54, 1.807) is 41.5 Å². The number of fused-ring (bicyclic) bond motifs is 1. The molecule has 1 amide bonds. The van der Waals surface area contributed by atoms with Crippen molar-refractivity contribution in [3.8, 4) is 5.75 Å². The van der Waals surface area contributed by atoms with E-state index in [2.05, 4.69) is 37.9 Å². The summed E-state index contributed by atoms with van der Waals surface area (Å²) in [7, 11) is 1.58. The lowest BCUT2D eigenvalue weighted by Gasteiger charge is -2.36. The average molecular weight is 450 g/mol. The van der Waals surface area contributed by atoms with Crippen LogP contribution in [0.3, 0.4) is 0 Å². The second-order valence-corrected chi connectivity index (χ2v) is 9.23. The molecular weight excluding hydrogens is 430 g/mol. The van der Waals surface area contributed by atoms with Gasteiger partial charge in [0.2, 0.25) is 0 Å². The number of methoxy groups -OCH3 is 1. The molecule has 0 spiro atoms. The van der Waals surface area contributed by atoms with Crippen molar-refractivity contribution in [2.24, 2.45) is 0 Å². The molecule has 0 bridgehead atoms. The number of piperazine rings is 1. The van der Waals surface area contributed by atoms with Gasteiger partial charge in [-0.15, -0.1) is 11.3 Å². The molecule has 1 saturated heterocycles. The number of anilines is 1. The number of amides is 1. The first-order valence-corrected chi connectivity index (χ1v) is 10.4. The average Bonchev–Trinajstić information content (AvgIpc) is 3.19. The van der Waals surface area contributed by atoms with E-state index in [-0.39, 0.29) is 0 Å². The number of rotatable bonds is 5. The van der Waals surface area contributed by atoms with E-state index in [1.165, 1.54) is 4.88 Å². The molecule has 0 unspecified atom stereocenters. The Labute approximate surface area is 170 Å². The number of hydrogen-bond acceptors (Lipinski definition) is 6. The number of carbonyl (C=O) groups excluding carboxylic acids is 2. The van der Waals surface area contributed by atoms with Crippen LogP contribution in [0.2, 0.25) is 0 Å². The minimum Gasteiger partial charge on any atom is -0.497 e. The first-order chi connectivity index (χ1) is 13.0. The van der Waals surface area contributed by atoms with Gasteiger partial charge in [0.25, 0.3) is 5.78 Å². The van der Waals surface area contributed by atoms with Crippen LogP contribution >= 0.6 is 27.3 Å². The van der Waals surface area contributed by atoms with Gasteiger partial charge in [-0.25, -0.2) is 0 Å². The van der Waals surface area contributed by atoms with Crippen LogP contribution in [0.5, 0.6) is 5.75 Å². The summed E-state index contributed by atoms with van der Waals surface area (Å²) in [6, 6.07) is 9.39. The van der Waals surface area contributed by atoms with Crippen molar-refractivity contribution in [3.63, 3.8) is 0 Å². The van der Waals surface area contributed by atoms with Crippen LogP contribution in [0.1, 0.15) is 15.2 Å². The Kier molecular flexibility index (Phi) is 5.32. The lowest BCUT2D eigenvalue weighted by Crippen LogP contribution is -2.50. The van der Waals surface area contributed by atoms with Crippen LogP contribution < -0.4 is 9.64 Å². The third-order valence-electron chi connectivity index (χ3n) is 4.99. The highest BCUT2D eigenvalue weighted by Crippen LogP contribution is 2.32. The number of ketones is 1. The largest absolute Gasteiger partial charge is 0.497 e. The molecule has 2 aliphatic heterocycles. The number of nitrogens with zero attached hydrogens (tertiary/aromatic N) is 3. The van der Waals surface area contributed by atoms with Gasteiger partial charge < -0.3 is 4.74 Å². The number of benzene rings is 1. The molecule has 27 heavy (non-hydrogen) atoms. The van der Waals surface area contributed by atoms with E-state index in [0.29, 0.717) is 23.7 Å². The highest BCUT2D eigenvalue weighted by molar-refractivity contribution is 9.11. The van der Waals surface area contributed by atoms with Crippen molar-refractivity contribution in [1.82, 2.24) is 9.80 Å². The molecule has 1 aromatic heterocycles. The number of ether oxygens (including phenoxy) is 1. The zero-order valence-electron chi connectivity index (χ0n) is 15.0. The number of halogens is 1. The summed E-state index contributed by atoms with van der Waals surface area (Å²) in [6.45, 7) is 5.00. The van der Waals surface area contributed by atoms with Crippen molar-refractivity contribution in [2.45, 2.75) is 6.54 Å². The van der Waals surface area contributed by atoms with E-state index in [4.69, 9.17) is 4.74 Å².